The van der Waals surface area contributed by atoms with Gasteiger partial charge in [0.15, 0.2) is 0 Å². The van der Waals surface area contributed by atoms with Gasteiger partial charge in [0.2, 0.25) is 0 Å². The fourth-order valence-electron chi connectivity index (χ4n) is 1.53. The monoisotopic (exact) mass is 255 g/mol. The first-order valence-electron chi connectivity index (χ1n) is 6.23. The number of nitrogens with one attached hydrogen (secondary N) is 1. The number of ether oxygens (including phenoxy) is 1. The van der Waals surface area contributed by atoms with Crippen molar-refractivity contribution in [2.75, 3.05) is 19.7 Å². The molecule has 0 aliphatic carbocycles. The van der Waals surface area contributed by atoms with Crippen molar-refractivity contribution in [1.82, 2.24) is 5.32 Å². The summed E-state index contributed by atoms with van der Waals surface area (Å²) >= 11 is 5.96. The first-order valence-corrected chi connectivity index (χ1v) is 6.61. The van der Waals surface area contributed by atoms with E-state index >= 15 is 0 Å². The van der Waals surface area contributed by atoms with Gasteiger partial charge in [0, 0.05) is 17.5 Å². The van der Waals surface area contributed by atoms with Gasteiger partial charge in [0.1, 0.15) is 5.75 Å². The van der Waals surface area contributed by atoms with Crippen LogP contribution in [0.3, 0.4) is 0 Å². The van der Waals surface area contributed by atoms with Crippen molar-refractivity contribution in [1.29, 1.82) is 0 Å². The summed E-state index contributed by atoms with van der Waals surface area (Å²) in [5, 5.41) is 4.18. The van der Waals surface area contributed by atoms with Crippen molar-refractivity contribution in [3.8, 4) is 5.75 Å². The molecular weight excluding hydrogens is 234 g/mol. The molecule has 0 aromatic heterocycles. The maximum absolute atomic E-state index is 5.96. The molecule has 0 aliphatic rings. The van der Waals surface area contributed by atoms with Crippen molar-refractivity contribution in [3.05, 3.63) is 28.8 Å². The van der Waals surface area contributed by atoms with Crippen LogP contribution in [-0.4, -0.2) is 19.7 Å². The average Bonchev–Trinajstić information content (AvgIpc) is 2.31. The largest absolute Gasteiger partial charge is 0.493 e. The molecule has 3 heteroatoms. The first kappa shape index (κ1) is 14.3. The third kappa shape index (κ3) is 5.42. The zero-order chi connectivity index (χ0) is 12.7. The van der Waals surface area contributed by atoms with Gasteiger partial charge in [-0.1, -0.05) is 25.4 Å². The summed E-state index contributed by atoms with van der Waals surface area (Å²) in [4.78, 5) is 0. The Bertz CT molecular complexity index is 341. The summed E-state index contributed by atoms with van der Waals surface area (Å²) in [6.07, 6.45) is 1.17. The third-order valence-electron chi connectivity index (χ3n) is 2.58. The molecule has 0 bridgehead atoms. The van der Waals surface area contributed by atoms with Crippen LogP contribution in [0.15, 0.2) is 18.2 Å². The topological polar surface area (TPSA) is 21.3 Å². The number of hydrogen-bond donors (Lipinski definition) is 1. The second-order valence-corrected chi connectivity index (χ2v) is 4.94. The highest BCUT2D eigenvalue weighted by atomic mass is 35.5. The van der Waals surface area contributed by atoms with E-state index in [4.69, 9.17) is 16.3 Å². The van der Waals surface area contributed by atoms with Gasteiger partial charge in [0.25, 0.3) is 0 Å². The Hall–Kier alpha value is -0.730. The average molecular weight is 256 g/mol. The van der Waals surface area contributed by atoms with Gasteiger partial charge in [0.05, 0.1) is 6.61 Å². The van der Waals surface area contributed by atoms with Gasteiger partial charge in [-0.15, -0.1) is 0 Å². The summed E-state index contributed by atoms with van der Waals surface area (Å²) in [6.45, 7) is 9.15. The van der Waals surface area contributed by atoms with E-state index in [2.05, 4.69) is 19.2 Å². The molecule has 0 saturated carbocycles. The number of halogens is 1. The van der Waals surface area contributed by atoms with Gasteiger partial charge in [-0.2, -0.15) is 0 Å². The van der Waals surface area contributed by atoms with Crippen molar-refractivity contribution in [2.24, 2.45) is 5.92 Å². The maximum atomic E-state index is 5.96. The van der Waals surface area contributed by atoms with E-state index in [1.165, 1.54) is 6.42 Å². The van der Waals surface area contributed by atoms with Gasteiger partial charge < -0.3 is 10.1 Å². The van der Waals surface area contributed by atoms with Crippen molar-refractivity contribution < 1.29 is 4.74 Å². The Morgan fingerprint density at radius 1 is 1.41 bits per heavy atom. The molecule has 96 valence electrons. The van der Waals surface area contributed by atoms with E-state index in [1.807, 2.05) is 25.1 Å². The molecule has 0 amide bonds. The van der Waals surface area contributed by atoms with E-state index in [9.17, 15) is 0 Å². The highest BCUT2D eigenvalue weighted by Gasteiger charge is 2.03. The highest BCUT2D eigenvalue weighted by Crippen LogP contribution is 2.21. The van der Waals surface area contributed by atoms with Gasteiger partial charge in [-0.05, 0) is 43.7 Å². The Labute approximate surface area is 109 Å². The molecule has 0 heterocycles. The van der Waals surface area contributed by atoms with E-state index < -0.39 is 0 Å². The molecule has 1 aromatic rings. The minimum absolute atomic E-state index is 0.512. The molecule has 0 spiro atoms. The van der Waals surface area contributed by atoms with E-state index in [0.717, 1.165) is 36.0 Å². The Balaban J connectivity index is 2.31. The smallest absolute Gasteiger partial charge is 0.119 e. The molecule has 0 radical (unpaired) electrons. The van der Waals surface area contributed by atoms with Crippen molar-refractivity contribution in [3.63, 3.8) is 0 Å². The summed E-state index contributed by atoms with van der Waals surface area (Å²) in [5.74, 6) is 1.41. The van der Waals surface area contributed by atoms with Crippen LogP contribution in [0.1, 0.15) is 25.8 Å². The number of benzene rings is 1. The minimum Gasteiger partial charge on any atom is -0.493 e. The van der Waals surface area contributed by atoms with Crippen LogP contribution in [-0.2, 0) is 0 Å². The Morgan fingerprint density at radius 3 is 2.82 bits per heavy atom. The van der Waals surface area contributed by atoms with Crippen LogP contribution in [0, 0.1) is 12.8 Å². The summed E-state index contributed by atoms with van der Waals surface area (Å²) < 4.78 is 5.74. The predicted octanol–water partition coefficient (Wildman–Crippen LogP) is 3.66. The Kier molecular flexibility index (Phi) is 6.38. The lowest BCUT2D eigenvalue weighted by Crippen LogP contribution is -2.25. The van der Waals surface area contributed by atoms with E-state index in [0.29, 0.717) is 5.92 Å². The lowest BCUT2D eigenvalue weighted by atomic mass is 10.2. The molecule has 1 N–H and O–H groups in total. The van der Waals surface area contributed by atoms with Gasteiger partial charge in [-0.25, -0.2) is 0 Å². The molecule has 1 unspecified atom stereocenters. The molecule has 0 saturated heterocycles. The maximum Gasteiger partial charge on any atom is 0.119 e. The zero-order valence-electron chi connectivity index (χ0n) is 10.9. The minimum atomic E-state index is 0.512. The quantitative estimate of drug-likeness (QED) is 0.751. The Morgan fingerprint density at radius 2 is 2.18 bits per heavy atom. The molecule has 0 aliphatic heterocycles. The first-order chi connectivity index (χ1) is 8.13. The standard InChI is InChI=1S/C14H22ClNO/c1-4-7-16-9-11(2)10-17-13-5-6-14(15)12(3)8-13/h5-6,8,11,16H,4,7,9-10H2,1-3H3. The van der Waals surface area contributed by atoms with Crippen LogP contribution in [0.2, 0.25) is 5.02 Å². The molecular formula is C14H22ClNO. The number of aryl methyl sites for hydroxylation is 1. The van der Waals surface area contributed by atoms with Crippen molar-refractivity contribution >= 4 is 11.6 Å². The number of hydrogen-bond acceptors (Lipinski definition) is 2. The lowest BCUT2D eigenvalue weighted by Gasteiger charge is -2.14. The van der Waals surface area contributed by atoms with Gasteiger partial charge in [-0.3, -0.25) is 0 Å². The summed E-state index contributed by atoms with van der Waals surface area (Å²) in [5.41, 5.74) is 1.06. The molecule has 1 atom stereocenters. The van der Waals surface area contributed by atoms with Crippen LogP contribution in [0.25, 0.3) is 0 Å². The molecule has 1 rings (SSSR count). The van der Waals surface area contributed by atoms with E-state index in [-0.39, 0.29) is 0 Å². The predicted molar refractivity (Wildman–Crippen MR) is 74.0 cm³/mol. The zero-order valence-corrected chi connectivity index (χ0v) is 11.7. The molecule has 0 fully saturated rings. The van der Waals surface area contributed by atoms with Gasteiger partial charge >= 0.3 is 0 Å². The number of rotatable bonds is 7. The summed E-state index contributed by atoms with van der Waals surface area (Å²) in [7, 11) is 0. The van der Waals surface area contributed by atoms with Crippen LogP contribution in [0.4, 0.5) is 0 Å². The second-order valence-electron chi connectivity index (χ2n) is 4.53. The van der Waals surface area contributed by atoms with Crippen molar-refractivity contribution in [2.45, 2.75) is 27.2 Å². The van der Waals surface area contributed by atoms with Crippen LogP contribution >= 0.6 is 11.6 Å². The molecule has 17 heavy (non-hydrogen) atoms. The lowest BCUT2D eigenvalue weighted by molar-refractivity contribution is 0.256. The fraction of sp³-hybridized carbons (Fsp3) is 0.571. The second kappa shape index (κ2) is 7.57. The fourth-order valence-corrected chi connectivity index (χ4v) is 1.65. The highest BCUT2D eigenvalue weighted by molar-refractivity contribution is 6.31. The molecule has 2 nitrogen and oxygen atoms in total. The normalized spacial score (nSPS) is 12.5. The summed E-state index contributed by atoms with van der Waals surface area (Å²) in [6, 6.07) is 5.78. The van der Waals surface area contributed by atoms with E-state index in [1.54, 1.807) is 0 Å². The van der Waals surface area contributed by atoms with Crippen LogP contribution in [0.5, 0.6) is 5.75 Å². The van der Waals surface area contributed by atoms with Crippen LogP contribution < -0.4 is 10.1 Å². The SMILES string of the molecule is CCCNCC(C)COc1ccc(Cl)c(C)c1. The molecule has 1 aromatic carbocycles. The third-order valence-corrected chi connectivity index (χ3v) is 3.01.